The lowest BCUT2D eigenvalue weighted by molar-refractivity contribution is 1.17. The van der Waals surface area contributed by atoms with Crippen molar-refractivity contribution in [2.24, 2.45) is 0 Å². The summed E-state index contributed by atoms with van der Waals surface area (Å²) in [6.07, 6.45) is 1.02. The summed E-state index contributed by atoms with van der Waals surface area (Å²) in [4.78, 5) is 1.02. The SMILES string of the molecule is CCc1csc2c(S)ccc(Cl)c12. The number of hydrogen-bond donors (Lipinski definition) is 1. The van der Waals surface area contributed by atoms with Crippen LogP contribution in [0.25, 0.3) is 10.1 Å². The Kier molecular flexibility index (Phi) is 2.54. The van der Waals surface area contributed by atoms with Crippen molar-refractivity contribution in [3.05, 3.63) is 28.1 Å². The van der Waals surface area contributed by atoms with E-state index in [0.717, 1.165) is 16.3 Å². The quantitative estimate of drug-likeness (QED) is 0.687. The molecular weight excluding hydrogens is 220 g/mol. The summed E-state index contributed by atoms with van der Waals surface area (Å²) in [6.45, 7) is 2.14. The number of hydrogen-bond acceptors (Lipinski definition) is 2. The Balaban J connectivity index is 2.87. The van der Waals surface area contributed by atoms with E-state index in [1.165, 1.54) is 15.6 Å². The van der Waals surface area contributed by atoms with Gasteiger partial charge in [0.15, 0.2) is 0 Å². The van der Waals surface area contributed by atoms with Gasteiger partial charge in [-0.15, -0.1) is 24.0 Å². The van der Waals surface area contributed by atoms with Crippen LogP contribution in [-0.2, 0) is 6.42 Å². The molecule has 0 nitrogen and oxygen atoms in total. The standard InChI is InChI=1S/C10H9ClS2/c1-2-6-5-13-10-8(12)4-3-7(11)9(6)10/h3-5,12H,2H2,1H3. The number of thiol groups is 1. The normalized spacial score (nSPS) is 11.0. The largest absolute Gasteiger partial charge is 0.142 e. The van der Waals surface area contributed by atoms with Gasteiger partial charge in [0, 0.05) is 20.0 Å². The van der Waals surface area contributed by atoms with Gasteiger partial charge in [-0.25, -0.2) is 0 Å². The maximum Gasteiger partial charge on any atom is 0.0496 e. The molecule has 1 aromatic heterocycles. The van der Waals surface area contributed by atoms with Gasteiger partial charge in [-0.2, -0.15) is 0 Å². The van der Waals surface area contributed by atoms with Gasteiger partial charge in [0.05, 0.1) is 0 Å². The molecule has 0 spiro atoms. The first-order chi connectivity index (χ1) is 6.24. The monoisotopic (exact) mass is 228 g/mol. The van der Waals surface area contributed by atoms with Crippen LogP contribution in [0.2, 0.25) is 5.02 Å². The highest BCUT2D eigenvalue weighted by molar-refractivity contribution is 7.80. The number of benzene rings is 1. The molecule has 0 atom stereocenters. The molecule has 0 saturated carbocycles. The van der Waals surface area contributed by atoms with Gasteiger partial charge in [-0.1, -0.05) is 18.5 Å². The second kappa shape index (κ2) is 3.52. The van der Waals surface area contributed by atoms with Gasteiger partial charge >= 0.3 is 0 Å². The third-order valence-corrected chi connectivity index (χ3v) is 4.01. The lowest BCUT2D eigenvalue weighted by atomic mass is 10.1. The zero-order chi connectivity index (χ0) is 9.42. The first-order valence-electron chi connectivity index (χ1n) is 4.11. The van der Waals surface area contributed by atoms with Crippen LogP contribution in [0, 0.1) is 0 Å². The Morgan fingerprint density at radius 1 is 1.46 bits per heavy atom. The number of fused-ring (bicyclic) bond motifs is 1. The van der Waals surface area contributed by atoms with E-state index >= 15 is 0 Å². The van der Waals surface area contributed by atoms with Gasteiger partial charge in [-0.05, 0) is 29.5 Å². The van der Waals surface area contributed by atoms with Crippen LogP contribution in [0.4, 0.5) is 0 Å². The fourth-order valence-electron chi connectivity index (χ4n) is 1.42. The van der Waals surface area contributed by atoms with Crippen molar-refractivity contribution in [2.75, 3.05) is 0 Å². The third kappa shape index (κ3) is 1.47. The molecule has 1 heterocycles. The molecule has 0 amide bonds. The van der Waals surface area contributed by atoms with Crippen LogP contribution in [0.1, 0.15) is 12.5 Å². The summed E-state index contributed by atoms with van der Waals surface area (Å²) in [5.74, 6) is 0. The van der Waals surface area contributed by atoms with Crippen LogP contribution < -0.4 is 0 Å². The van der Waals surface area contributed by atoms with Crippen molar-refractivity contribution in [1.82, 2.24) is 0 Å². The van der Waals surface area contributed by atoms with E-state index in [9.17, 15) is 0 Å². The Bertz CT molecular complexity index is 445. The molecule has 13 heavy (non-hydrogen) atoms. The van der Waals surface area contributed by atoms with Crippen molar-refractivity contribution in [1.29, 1.82) is 0 Å². The van der Waals surface area contributed by atoms with Crippen molar-refractivity contribution in [3.8, 4) is 0 Å². The van der Waals surface area contributed by atoms with Gasteiger partial charge < -0.3 is 0 Å². The van der Waals surface area contributed by atoms with E-state index in [1.807, 2.05) is 12.1 Å². The summed E-state index contributed by atoms with van der Waals surface area (Å²) >= 11 is 12.2. The first kappa shape index (κ1) is 9.38. The molecule has 0 aliphatic carbocycles. The van der Waals surface area contributed by atoms with E-state index in [1.54, 1.807) is 11.3 Å². The molecular formula is C10H9ClS2. The summed E-state index contributed by atoms with van der Waals surface area (Å²) < 4.78 is 1.20. The summed E-state index contributed by atoms with van der Waals surface area (Å²) in [6, 6.07) is 3.86. The minimum atomic E-state index is 0.839. The van der Waals surface area contributed by atoms with E-state index < -0.39 is 0 Å². The lowest BCUT2D eigenvalue weighted by Crippen LogP contribution is -1.77. The Morgan fingerprint density at radius 3 is 2.92 bits per heavy atom. The first-order valence-corrected chi connectivity index (χ1v) is 5.82. The number of aryl methyl sites for hydroxylation is 1. The zero-order valence-electron chi connectivity index (χ0n) is 7.17. The van der Waals surface area contributed by atoms with E-state index in [2.05, 4.69) is 24.9 Å². The summed E-state index contributed by atoms with van der Waals surface area (Å²) in [7, 11) is 0. The minimum Gasteiger partial charge on any atom is -0.142 e. The molecule has 0 N–H and O–H groups in total. The van der Waals surface area contributed by atoms with Crippen molar-refractivity contribution >= 4 is 45.7 Å². The zero-order valence-corrected chi connectivity index (χ0v) is 9.64. The Labute approximate surface area is 91.9 Å². The topological polar surface area (TPSA) is 0 Å². The van der Waals surface area contributed by atoms with E-state index in [-0.39, 0.29) is 0 Å². The molecule has 0 saturated heterocycles. The molecule has 0 unspecified atom stereocenters. The van der Waals surface area contributed by atoms with Gasteiger partial charge in [-0.3, -0.25) is 0 Å². The molecule has 2 rings (SSSR count). The Morgan fingerprint density at radius 2 is 2.23 bits per heavy atom. The second-order valence-corrected chi connectivity index (χ2v) is 4.65. The predicted molar refractivity (Wildman–Crippen MR) is 63.5 cm³/mol. The highest BCUT2D eigenvalue weighted by Gasteiger charge is 2.08. The maximum atomic E-state index is 6.13. The van der Waals surface area contributed by atoms with Gasteiger partial charge in [0.2, 0.25) is 0 Å². The number of thiophene rings is 1. The molecule has 0 bridgehead atoms. The average Bonchev–Trinajstić information content (AvgIpc) is 2.56. The van der Waals surface area contributed by atoms with Crippen molar-refractivity contribution < 1.29 is 0 Å². The fourth-order valence-corrected chi connectivity index (χ4v) is 3.19. The van der Waals surface area contributed by atoms with Crippen LogP contribution in [0.15, 0.2) is 22.4 Å². The summed E-state index contributed by atoms with van der Waals surface area (Å²) in [5, 5.41) is 4.18. The van der Waals surface area contributed by atoms with Gasteiger partial charge in [0.25, 0.3) is 0 Å². The van der Waals surface area contributed by atoms with Crippen LogP contribution in [0.5, 0.6) is 0 Å². The minimum absolute atomic E-state index is 0.839. The van der Waals surface area contributed by atoms with Crippen molar-refractivity contribution in [2.45, 2.75) is 18.2 Å². The molecule has 0 radical (unpaired) electrons. The average molecular weight is 229 g/mol. The highest BCUT2D eigenvalue weighted by Crippen LogP contribution is 2.36. The van der Waals surface area contributed by atoms with Crippen LogP contribution in [0.3, 0.4) is 0 Å². The lowest BCUT2D eigenvalue weighted by Gasteiger charge is -1.99. The van der Waals surface area contributed by atoms with Crippen LogP contribution in [-0.4, -0.2) is 0 Å². The second-order valence-electron chi connectivity index (χ2n) is 2.89. The maximum absolute atomic E-state index is 6.13. The molecule has 3 heteroatoms. The molecule has 0 fully saturated rings. The van der Waals surface area contributed by atoms with E-state index in [4.69, 9.17) is 11.6 Å². The third-order valence-electron chi connectivity index (χ3n) is 2.11. The van der Waals surface area contributed by atoms with Crippen molar-refractivity contribution in [3.63, 3.8) is 0 Å². The van der Waals surface area contributed by atoms with Crippen LogP contribution >= 0.6 is 35.6 Å². The predicted octanol–water partition coefficient (Wildman–Crippen LogP) is 4.41. The van der Waals surface area contributed by atoms with E-state index in [0.29, 0.717) is 0 Å². The molecule has 1 aromatic carbocycles. The Hall–Kier alpha value is -0.180. The smallest absolute Gasteiger partial charge is 0.0496 e. The molecule has 2 aromatic rings. The number of halogens is 1. The molecule has 68 valence electrons. The summed E-state index contributed by atoms with van der Waals surface area (Å²) in [5.41, 5.74) is 1.32. The fraction of sp³-hybridized carbons (Fsp3) is 0.200. The van der Waals surface area contributed by atoms with Gasteiger partial charge in [0.1, 0.15) is 0 Å². The highest BCUT2D eigenvalue weighted by atomic mass is 35.5. The molecule has 0 aliphatic heterocycles. The number of rotatable bonds is 1. The molecule has 0 aliphatic rings.